The summed E-state index contributed by atoms with van der Waals surface area (Å²) in [5, 5.41) is 6.01. The van der Waals surface area contributed by atoms with Gasteiger partial charge in [-0.1, -0.05) is 38.1 Å². The number of nitrogens with one attached hydrogen (secondary N) is 2. The normalized spacial score (nSPS) is 10.5. The highest BCUT2D eigenvalue weighted by atomic mass is 16.1. The van der Waals surface area contributed by atoms with E-state index in [-0.39, 0.29) is 5.91 Å². The molecular formula is C17H22N4O. The van der Waals surface area contributed by atoms with Crippen LogP contribution in [0.3, 0.4) is 0 Å². The number of nitrogens with zero attached hydrogens (tertiary/aromatic N) is 2. The molecule has 2 rings (SSSR count). The summed E-state index contributed by atoms with van der Waals surface area (Å²) in [6.45, 7) is 7.43. The number of hydrogen-bond acceptors (Lipinski definition) is 4. The van der Waals surface area contributed by atoms with E-state index in [4.69, 9.17) is 0 Å². The van der Waals surface area contributed by atoms with Crippen molar-refractivity contribution in [3.8, 4) is 0 Å². The van der Waals surface area contributed by atoms with E-state index in [1.807, 2.05) is 12.1 Å². The number of anilines is 1. The number of carbonyl (C=O) groups is 1. The van der Waals surface area contributed by atoms with Gasteiger partial charge in [-0.05, 0) is 30.0 Å². The molecule has 2 aromatic rings. The molecule has 0 saturated carbocycles. The van der Waals surface area contributed by atoms with Gasteiger partial charge in [0.05, 0.1) is 0 Å². The summed E-state index contributed by atoms with van der Waals surface area (Å²) in [4.78, 5) is 20.4. The number of rotatable bonds is 6. The predicted molar refractivity (Wildman–Crippen MR) is 87.7 cm³/mol. The molecule has 0 aliphatic heterocycles. The van der Waals surface area contributed by atoms with E-state index in [0.29, 0.717) is 30.6 Å². The minimum atomic E-state index is -0.171. The number of benzene rings is 1. The SMILES string of the molecule is Cc1ccccc1CNc1nccc(C(=O)NCC(C)C)n1. The zero-order valence-electron chi connectivity index (χ0n) is 13.3. The average molecular weight is 298 g/mol. The van der Waals surface area contributed by atoms with Crippen LogP contribution < -0.4 is 10.6 Å². The first-order valence-electron chi connectivity index (χ1n) is 7.46. The van der Waals surface area contributed by atoms with Crippen LogP contribution >= 0.6 is 0 Å². The van der Waals surface area contributed by atoms with Crippen molar-refractivity contribution < 1.29 is 4.79 Å². The molecule has 0 spiro atoms. The Morgan fingerprint density at radius 1 is 1.23 bits per heavy atom. The summed E-state index contributed by atoms with van der Waals surface area (Å²) in [7, 11) is 0. The van der Waals surface area contributed by atoms with Crippen molar-refractivity contribution in [2.24, 2.45) is 5.92 Å². The molecule has 1 amide bonds. The van der Waals surface area contributed by atoms with Gasteiger partial charge in [0.1, 0.15) is 5.69 Å². The Morgan fingerprint density at radius 2 is 2.00 bits per heavy atom. The smallest absolute Gasteiger partial charge is 0.270 e. The second kappa shape index (κ2) is 7.54. The van der Waals surface area contributed by atoms with Crippen LogP contribution in [-0.2, 0) is 6.54 Å². The van der Waals surface area contributed by atoms with Gasteiger partial charge >= 0.3 is 0 Å². The van der Waals surface area contributed by atoms with Crippen molar-refractivity contribution in [2.75, 3.05) is 11.9 Å². The Kier molecular flexibility index (Phi) is 5.47. The van der Waals surface area contributed by atoms with Crippen molar-refractivity contribution in [3.05, 3.63) is 53.3 Å². The summed E-state index contributed by atoms with van der Waals surface area (Å²) < 4.78 is 0. The Morgan fingerprint density at radius 3 is 2.73 bits per heavy atom. The summed E-state index contributed by atoms with van der Waals surface area (Å²) in [6, 6.07) is 9.75. The van der Waals surface area contributed by atoms with Crippen LogP contribution in [0.5, 0.6) is 0 Å². The molecule has 0 fully saturated rings. The van der Waals surface area contributed by atoms with E-state index in [1.165, 1.54) is 11.1 Å². The molecule has 1 aromatic carbocycles. The van der Waals surface area contributed by atoms with Gasteiger partial charge < -0.3 is 10.6 Å². The quantitative estimate of drug-likeness (QED) is 0.860. The van der Waals surface area contributed by atoms with E-state index >= 15 is 0 Å². The van der Waals surface area contributed by atoms with Gasteiger partial charge in [-0.25, -0.2) is 9.97 Å². The zero-order valence-corrected chi connectivity index (χ0v) is 13.3. The molecule has 2 N–H and O–H groups in total. The average Bonchev–Trinajstić information content (AvgIpc) is 2.52. The maximum absolute atomic E-state index is 12.0. The number of aromatic nitrogens is 2. The topological polar surface area (TPSA) is 66.9 Å². The Bertz CT molecular complexity index is 640. The van der Waals surface area contributed by atoms with E-state index in [1.54, 1.807) is 12.3 Å². The van der Waals surface area contributed by atoms with Gasteiger partial charge in [-0.2, -0.15) is 0 Å². The lowest BCUT2D eigenvalue weighted by molar-refractivity contribution is 0.0944. The minimum absolute atomic E-state index is 0.171. The lowest BCUT2D eigenvalue weighted by atomic mass is 10.1. The van der Waals surface area contributed by atoms with Crippen LogP contribution in [0, 0.1) is 12.8 Å². The lowest BCUT2D eigenvalue weighted by Crippen LogP contribution is -2.28. The largest absolute Gasteiger partial charge is 0.350 e. The fourth-order valence-electron chi connectivity index (χ4n) is 1.94. The summed E-state index contributed by atoms with van der Waals surface area (Å²) in [5.74, 6) is 0.694. The monoisotopic (exact) mass is 298 g/mol. The van der Waals surface area contributed by atoms with Crippen molar-refractivity contribution >= 4 is 11.9 Å². The molecule has 0 unspecified atom stereocenters. The first-order valence-corrected chi connectivity index (χ1v) is 7.46. The molecule has 0 aliphatic carbocycles. The number of carbonyl (C=O) groups excluding carboxylic acids is 1. The van der Waals surface area contributed by atoms with Crippen molar-refractivity contribution in [3.63, 3.8) is 0 Å². The second-order valence-corrected chi connectivity index (χ2v) is 5.65. The maximum Gasteiger partial charge on any atom is 0.270 e. The van der Waals surface area contributed by atoms with Gasteiger partial charge in [-0.3, -0.25) is 4.79 Å². The van der Waals surface area contributed by atoms with E-state index < -0.39 is 0 Å². The molecule has 5 nitrogen and oxygen atoms in total. The van der Waals surface area contributed by atoms with Gasteiger partial charge in [0, 0.05) is 19.3 Å². The predicted octanol–water partition coefficient (Wildman–Crippen LogP) is 2.78. The first-order chi connectivity index (χ1) is 10.6. The van der Waals surface area contributed by atoms with Gasteiger partial charge in [0.2, 0.25) is 5.95 Å². The van der Waals surface area contributed by atoms with Crippen LogP contribution in [0.4, 0.5) is 5.95 Å². The van der Waals surface area contributed by atoms with Crippen LogP contribution in [-0.4, -0.2) is 22.4 Å². The van der Waals surface area contributed by atoms with E-state index in [2.05, 4.69) is 53.5 Å². The molecule has 0 bridgehead atoms. The highest BCUT2D eigenvalue weighted by Crippen LogP contribution is 2.09. The molecule has 0 aliphatic rings. The third-order valence-electron chi connectivity index (χ3n) is 3.26. The van der Waals surface area contributed by atoms with Gasteiger partial charge in [-0.15, -0.1) is 0 Å². The maximum atomic E-state index is 12.0. The number of amides is 1. The summed E-state index contributed by atoms with van der Waals surface area (Å²) in [5.41, 5.74) is 2.77. The molecule has 5 heteroatoms. The van der Waals surface area contributed by atoms with Crippen molar-refractivity contribution in [1.82, 2.24) is 15.3 Å². The summed E-state index contributed by atoms with van der Waals surface area (Å²) in [6.07, 6.45) is 1.59. The van der Waals surface area contributed by atoms with Crippen molar-refractivity contribution in [2.45, 2.75) is 27.3 Å². The van der Waals surface area contributed by atoms with E-state index in [9.17, 15) is 4.79 Å². The zero-order chi connectivity index (χ0) is 15.9. The Labute approximate surface area is 131 Å². The first kappa shape index (κ1) is 15.9. The summed E-state index contributed by atoms with van der Waals surface area (Å²) >= 11 is 0. The molecule has 116 valence electrons. The van der Waals surface area contributed by atoms with Crippen LogP contribution in [0.2, 0.25) is 0 Å². The van der Waals surface area contributed by atoms with Crippen LogP contribution in [0.25, 0.3) is 0 Å². The molecule has 0 atom stereocenters. The Hall–Kier alpha value is -2.43. The molecule has 1 heterocycles. The number of aryl methyl sites for hydroxylation is 1. The minimum Gasteiger partial charge on any atom is -0.350 e. The van der Waals surface area contributed by atoms with Gasteiger partial charge in [0.15, 0.2) is 0 Å². The standard InChI is InChI=1S/C17H22N4O/c1-12(2)10-19-16(22)15-8-9-18-17(21-15)20-11-14-7-5-4-6-13(14)3/h4-9,12H,10-11H2,1-3H3,(H,19,22)(H,18,20,21). The highest BCUT2D eigenvalue weighted by molar-refractivity contribution is 5.92. The molecular weight excluding hydrogens is 276 g/mol. The molecule has 0 radical (unpaired) electrons. The Balaban J connectivity index is 1.99. The fraction of sp³-hybridized carbons (Fsp3) is 0.353. The van der Waals surface area contributed by atoms with E-state index in [0.717, 1.165) is 0 Å². The third kappa shape index (κ3) is 4.55. The third-order valence-corrected chi connectivity index (χ3v) is 3.26. The molecule has 0 saturated heterocycles. The van der Waals surface area contributed by atoms with Crippen LogP contribution in [0.15, 0.2) is 36.5 Å². The lowest BCUT2D eigenvalue weighted by Gasteiger charge is -2.09. The molecule has 1 aromatic heterocycles. The second-order valence-electron chi connectivity index (χ2n) is 5.65. The fourth-order valence-corrected chi connectivity index (χ4v) is 1.94. The number of hydrogen-bond donors (Lipinski definition) is 2. The highest BCUT2D eigenvalue weighted by Gasteiger charge is 2.09. The molecule has 22 heavy (non-hydrogen) atoms. The van der Waals surface area contributed by atoms with Crippen molar-refractivity contribution in [1.29, 1.82) is 0 Å². The van der Waals surface area contributed by atoms with Crippen LogP contribution in [0.1, 0.15) is 35.5 Å². The van der Waals surface area contributed by atoms with Gasteiger partial charge in [0.25, 0.3) is 5.91 Å².